The van der Waals surface area contributed by atoms with Crippen molar-refractivity contribution in [3.05, 3.63) is 17.2 Å². The van der Waals surface area contributed by atoms with E-state index in [1.54, 1.807) is 4.90 Å². The van der Waals surface area contributed by atoms with Gasteiger partial charge in [0.25, 0.3) is 10.1 Å². The zero-order valence-electron chi connectivity index (χ0n) is 14.2. The number of benzene rings is 1. The summed E-state index contributed by atoms with van der Waals surface area (Å²) < 4.78 is 36.7. The third kappa shape index (κ3) is 5.78. The molecule has 1 aromatic rings. The van der Waals surface area contributed by atoms with Gasteiger partial charge in [0.1, 0.15) is 4.90 Å². The Morgan fingerprint density at radius 2 is 1.96 bits per heavy atom. The predicted octanol–water partition coefficient (Wildman–Crippen LogP) is 0.197. The molecule has 0 radical (unpaired) electrons. The number of amides is 2. The summed E-state index contributed by atoms with van der Waals surface area (Å²) in [6.45, 7) is 1.74. The van der Waals surface area contributed by atoms with Crippen molar-refractivity contribution in [2.24, 2.45) is 5.73 Å². The quantitative estimate of drug-likeness (QED) is 0.374. The molecule has 1 aromatic carbocycles. The normalized spacial score (nSPS) is 16.0. The van der Waals surface area contributed by atoms with Crippen LogP contribution in [0, 0.1) is 0 Å². The van der Waals surface area contributed by atoms with E-state index >= 15 is 0 Å². The molecule has 2 amide bonds. The molecule has 1 heterocycles. The van der Waals surface area contributed by atoms with Crippen LogP contribution in [0.4, 0.5) is 5.69 Å². The zero-order valence-corrected chi connectivity index (χ0v) is 15.8. The van der Waals surface area contributed by atoms with Gasteiger partial charge in [-0.1, -0.05) is 11.6 Å². The van der Waals surface area contributed by atoms with E-state index in [4.69, 9.17) is 26.6 Å². The van der Waals surface area contributed by atoms with Gasteiger partial charge in [0.05, 0.1) is 24.9 Å². The number of carbonyl (C=O) groups excluding carboxylic acids is 2. The number of aromatic hydroxyl groups is 1. The van der Waals surface area contributed by atoms with Crippen LogP contribution < -0.4 is 11.1 Å². The molecule has 0 spiro atoms. The van der Waals surface area contributed by atoms with Gasteiger partial charge < -0.3 is 25.8 Å². The number of rotatable bonds is 6. The number of halogens is 1. The second-order valence-electron chi connectivity index (χ2n) is 5.91. The number of nitrogens with zero attached hydrogens (tertiary/aromatic N) is 1. The lowest BCUT2D eigenvalue weighted by atomic mass is 10.1. The van der Waals surface area contributed by atoms with Gasteiger partial charge >= 0.3 is 0 Å². The summed E-state index contributed by atoms with van der Waals surface area (Å²) in [5, 5.41) is 12.1. The fourth-order valence-electron chi connectivity index (χ4n) is 2.51. The number of morpholine rings is 1. The van der Waals surface area contributed by atoms with E-state index in [1.807, 2.05) is 0 Å². The largest absolute Gasteiger partial charge is 0.504 e. The first kappa shape index (κ1) is 21.4. The third-order valence-electron chi connectivity index (χ3n) is 3.91. The van der Waals surface area contributed by atoms with E-state index < -0.39 is 32.7 Å². The lowest BCUT2D eigenvalue weighted by molar-refractivity contribution is -0.136. The van der Waals surface area contributed by atoms with Crippen molar-refractivity contribution >= 4 is 39.2 Å². The molecule has 1 aliphatic heterocycles. The van der Waals surface area contributed by atoms with E-state index in [2.05, 4.69) is 5.32 Å². The highest BCUT2D eigenvalue weighted by Gasteiger charge is 2.24. The summed E-state index contributed by atoms with van der Waals surface area (Å²) in [6.07, 6.45) is -0.0983. The molecule has 12 heteroatoms. The summed E-state index contributed by atoms with van der Waals surface area (Å²) in [5.41, 5.74) is 5.55. The van der Waals surface area contributed by atoms with E-state index in [0.717, 1.165) is 12.1 Å². The second kappa shape index (κ2) is 8.85. The maximum absolute atomic E-state index is 12.2. The molecule has 0 saturated carbocycles. The topological polar surface area (TPSA) is 159 Å². The van der Waals surface area contributed by atoms with Gasteiger partial charge in [-0.25, -0.2) is 0 Å². The second-order valence-corrected chi connectivity index (χ2v) is 7.73. The lowest BCUT2D eigenvalue weighted by Gasteiger charge is -2.29. The first-order chi connectivity index (χ1) is 12.6. The lowest BCUT2D eigenvalue weighted by Crippen LogP contribution is -2.48. The molecule has 1 aliphatic rings. The van der Waals surface area contributed by atoms with Crippen molar-refractivity contribution in [1.82, 2.24) is 4.90 Å². The first-order valence-electron chi connectivity index (χ1n) is 8.01. The van der Waals surface area contributed by atoms with Crippen molar-refractivity contribution in [2.75, 3.05) is 31.6 Å². The van der Waals surface area contributed by atoms with Gasteiger partial charge in [0.15, 0.2) is 5.75 Å². The van der Waals surface area contributed by atoms with Gasteiger partial charge in [-0.15, -0.1) is 0 Å². The summed E-state index contributed by atoms with van der Waals surface area (Å²) >= 11 is 5.75. The molecule has 2 rings (SSSR count). The molecule has 0 bridgehead atoms. The molecule has 5 N–H and O–H groups in total. The van der Waals surface area contributed by atoms with Gasteiger partial charge in [0, 0.05) is 24.5 Å². The molecule has 1 fully saturated rings. The van der Waals surface area contributed by atoms with Crippen LogP contribution in [0.15, 0.2) is 17.0 Å². The molecular formula is C15H20ClN3O7S. The monoisotopic (exact) mass is 421 g/mol. The average molecular weight is 422 g/mol. The van der Waals surface area contributed by atoms with Crippen molar-refractivity contribution in [1.29, 1.82) is 0 Å². The van der Waals surface area contributed by atoms with Crippen LogP contribution in [-0.4, -0.2) is 67.1 Å². The molecule has 1 atom stereocenters. The Morgan fingerprint density at radius 3 is 2.56 bits per heavy atom. The molecule has 1 unspecified atom stereocenters. The maximum Gasteiger partial charge on any atom is 0.298 e. The van der Waals surface area contributed by atoms with Gasteiger partial charge in [-0.2, -0.15) is 8.42 Å². The number of phenolic OH excluding ortho intramolecular Hbond substituents is 1. The highest BCUT2D eigenvalue weighted by Crippen LogP contribution is 2.34. The Morgan fingerprint density at radius 1 is 1.33 bits per heavy atom. The molecule has 0 aromatic heterocycles. The fourth-order valence-corrected chi connectivity index (χ4v) is 3.42. The molecule has 150 valence electrons. The highest BCUT2D eigenvalue weighted by atomic mass is 35.5. The molecule has 27 heavy (non-hydrogen) atoms. The van der Waals surface area contributed by atoms with Crippen molar-refractivity contribution in [2.45, 2.75) is 23.8 Å². The predicted molar refractivity (Wildman–Crippen MR) is 96.2 cm³/mol. The van der Waals surface area contributed by atoms with Crippen LogP contribution >= 0.6 is 11.6 Å². The van der Waals surface area contributed by atoms with Crippen molar-refractivity contribution in [3.63, 3.8) is 0 Å². The Kier molecular flexibility index (Phi) is 7.00. The molecule has 1 saturated heterocycles. The van der Waals surface area contributed by atoms with Crippen LogP contribution in [0.3, 0.4) is 0 Å². The first-order valence-corrected chi connectivity index (χ1v) is 9.83. The average Bonchev–Trinajstić information content (AvgIpc) is 2.61. The van der Waals surface area contributed by atoms with E-state index in [-0.39, 0.29) is 29.5 Å². The minimum absolute atomic E-state index is 0.0501. The number of ether oxygens (including phenoxy) is 1. The number of nitrogens with one attached hydrogen (secondary N) is 1. The van der Waals surface area contributed by atoms with Gasteiger partial charge in [-0.3, -0.25) is 14.1 Å². The summed E-state index contributed by atoms with van der Waals surface area (Å²) in [4.78, 5) is 25.0. The maximum atomic E-state index is 12.2. The Balaban J connectivity index is 1.98. The standard InChI is InChI=1S/C15H20ClN3O7S/c16-9-7-11(14(21)12(8-9)27(23,24)25)18-13(20)2-1-10(17)15(22)19-3-5-26-6-4-19/h7-8,10,21H,1-6,17H2,(H,18,20)(H,23,24,25). The molecular weight excluding hydrogens is 402 g/mol. The number of hydrogen-bond donors (Lipinski definition) is 4. The fraction of sp³-hybridized carbons (Fsp3) is 0.467. The van der Waals surface area contributed by atoms with Crippen molar-refractivity contribution in [3.8, 4) is 5.75 Å². The number of hydrogen-bond acceptors (Lipinski definition) is 7. The number of carbonyl (C=O) groups is 2. The van der Waals surface area contributed by atoms with Crippen LogP contribution in [0.2, 0.25) is 5.02 Å². The highest BCUT2D eigenvalue weighted by molar-refractivity contribution is 7.86. The van der Waals surface area contributed by atoms with E-state index in [0.29, 0.717) is 26.3 Å². The summed E-state index contributed by atoms with van der Waals surface area (Å²) in [7, 11) is -4.73. The Bertz CT molecular complexity index is 825. The van der Waals surface area contributed by atoms with E-state index in [9.17, 15) is 23.1 Å². The number of nitrogens with two attached hydrogens (primary N) is 1. The van der Waals surface area contributed by atoms with Crippen LogP contribution in [0.5, 0.6) is 5.75 Å². The summed E-state index contributed by atoms with van der Waals surface area (Å²) in [6, 6.07) is 1.09. The molecule has 0 aliphatic carbocycles. The number of phenols is 1. The zero-order chi connectivity index (χ0) is 20.2. The Hall–Kier alpha value is -1.92. The minimum atomic E-state index is -4.73. The van der Waals surface area contributed by atoms with Gasteiger partial charge in [-0.05, 0) is 18.6 Å². The minimum Gasteiger partial charge on any atom is -0.504 e. The van der Waals surface area contributed by atoms with Gasteiger partial charge in [0.2, 0.25) is 11.8 Å². The van der Waals surface area contributed by atoms with E-state index in [1.165, 1.54) is 0 Å². The van der Waals surface area contributed by atoms with Crippen LogP contribution in [0.25, 0.3) is 0 Å². The van der Waals surface area contributed by atoms with Crippen LogP contribution in [-0.2, 0) is 24.4 Å². The number of anilines is 1. The molecule has 10 nitrogen and oxygen atoms in total. The van der Waals surface area contributed by atoms with Crippen molar-refractivity contribution < 1.29 is 32.4 Å². The smallest absolute Gasteiger partial charge is 0.298 e. The SMILES string of the molecule is NC(CCC(=O)Nc1cc(Cl)cc(S(=O)(=O)O)c1O)C(=O)N1CCOCC1. The Labute approximate surface area is 161 Å². The summed E-state index contributed by atoms with van der Waals surface area (Å²) in [5.74, 6) is -1.74. The third-order valence-corrected chi connectivity index (χ3v) is 5.00. The van der Waals surface area contributed by atoms with Crippen LogP contribution in [0.1, 0.15) is 12.8 Å².